The lowest BCUT2D eigenvalue weighted by Crippen LogP contribution is -2.42. The van der Waals surface area contributed by atoms with Crippen LogP contribution in [0.2, 0.25) is 0 Å². The van der Waals surface area contributed by atoms with Crippen molar-refractivity contribution in [1.82, 2.24) is 0 Å². The van der Waals surface area contributed by atoms with Crippen LogP contribution in [-0.2, 0) is 23.3 Å². The Morgan fingerprint density at radius 1 is 0.675 bits per heavy atom. The van der Waals surface area contributed by atoms with Crippen LogP contribution in [0.3, 0.4) is 0 Å². The van der Waals surface area contributed by atoms with E-state index in [0.717, 1.165) is 16.9 Å². The number of aryl methyl sites for hydroxylation is 2. The first-order chi connectivity index (χ1) is 18.6. The van der Waals surface area contributed by atoms with E-state index in [4.69, 9.17) is 4.42 Å². The normalized spacial score (nSPS) is 17.5. The topological polar surface area (TPSA) is 17.0 Å². The minimum atomic E-state index is -0.0316. The summed E-state index contributed by atoms with van der Waals surface area (Å²) in [5, 5.41) is 2.35. The first kappa shape index (κ1) is 26.8. The lowest BCUT2D eigenvalue weighted by atomic mass is 9.58. The summed E-state index contributed by atoms with van der Waals surface area (Å²) in [6, 6.07) is 22.3. The van der Waals surface area contributed by atoms with Gasteiger partial charge in [-0.15, -0.1) is 0 Å². The van der Waals surface area contributed by atoms with Crippen molar-refractivity contribution < 1.29 is 8.98 Å². The molecule has 40 heavy (non-hydrogen) atoms. The second-order valence-electron chi connectivity index (χ2n) is 14.7. The molecule has 0 aliphatic heterocycles. The molecule has 1 aliphatic rings. The molecule has 0 amide bonds. The highest BCUT2D eigenvalue weighted by Crippen LogP contribution is 2.65. The van der Waals surface area contributed by atoms with Crippen LogP contribution in [-0.4, -0.2) is 0 Å². The first-order valence-corrected chi connectivity index (χ1v) is 14.7. The summed E-state index contributed by atoms with van der Waals surface area (Å²) in [6.45, 7) is 24.0. The molecule has 2 aromatic heterocycles. The number of nitrogens with zero attached hydrogens (tertiary/aromatic N) is 1. The third kappa shape index (κ3) is 3.38. The van der Waals surface area contributed by atoms with Gasteiger partial charge in [-0.1, -0.05) is 105 Å². The fourth-order valence-corrected chi connectivity index (χ4v) is 7.43. The standard InChI is InChI=1S/C38H44NO/c1-23-18-19-27-26-16-14-15-25(33(26)40-34(27)30(23)29-17-12-13-22-39(29)11)24-20-21-28(35(2,3)4)32-31(24)36(5,6)38(9,10)37(32,7)8/h12-22H,1-11H3/q+1. The molecule has 0 radical (unpaired) electrons. The fraction of sp³-hybridized carbons (Fsp3) is 0.395. The number of para-hydroxylation sites is 1. The number of aromatic nitrogens is 1. The summed E-state index contributed by atoms with van der Waals surface area (Å²) in [5.74, 6) is 0. The second kappa shape index (κ2) is 8.32. The van der Waals surface area contributed by atoms with Gasteiger partial charge in [0.1, 0.15) is 18.2 Å². The molecule has 2 nitrogen and oxygen atoms in total. The molecule has 6 rings (SSSR count). The zero-order chi connectivity index (χ0) is 29.0. The SMILES string of the molecule is Cc1ccc2c(oc3c(-c4ccc(C(C)(C)C)c5c4C(C)(C)C(C)(C)C5(C)C)cccc32)c1-c1cccc[n+]1C. The molecule has 2 heteroatoms. The summed E-state index contributed by atoms with van der Waals surface area (Å²) >= 11 is 0. The highest BCUT2D eigenvalue weighted by Gasteiger charge is 2.59. The number of furan rings is 1. The Kier molecular flexibility index (Phi) is 5.58. The molecule has 0 unspecified atom stereocenters. The van der Waals surface area contributed by atoms with Crippen LogP contribution in [0.25, 0.3) is 44.3 Å². The third-order valence-electron chi connectivity index (χ3n) is 10.9. The van der Waals surface area contributed by atoms with Gasteiger partial charge in [-0.05, 0) is 62.5 Å². The van der Waals surface area contributed by atoms with Crippen molar-refractivity contribution in [3.63, 3.8) is 0 Å². The van der Waals surface area contributed by atoms with Gasteiger partial charge in [0, 0.05) is 28.5 Å². The highest BCUT2D eigenvalue weighted by molar-refractivity contribution is 6.13. The fourth-order valence-electron chi connectivity index (χ4n) is 7.43. The van der Waals surface area contributed by atoms with Gasteiger partial charge in [-0.25, -0.2) is 4.57 Å². The van der Waals surface area contributed by atoms with Crippen molar-refractivity contribution in [2.75, 3.05) is 0 Å². The molecule has 0 fully saturated rings. The van der Waals surface area contributed by atoms with E-state index in [9.17, 15) is 0 Å². The van der Waals surface area contributed by atoms with Gasteiger partial charge >= 0.3 is 0 Å². The lowest BCUT2D eigenvalue weighted by molar-refractivity contribution is -0.660. The summed E-state index contributed by atoms with van der Waals surface area (Å²) < 4.78 is 9.16. The monoisotopic (exact) mass is 530 g/mol. The molecule has 1 aliphatic carbocycles. The molecule has 5 aromatic rings. The van der Waals surface area contributed by atoms with Crippen LogP contribution >= 0.6 is 0 Å². The van der Waals surface area contributed by atoms with E-state index in [1.165, 1.54) is 49.7 Å². The third-order valence-corrected chi connectivity index (χ3v) is 10.9. The summed E-state index contributed by atoms with van der Waals surface area (Å²) in [6.07, 6.45) is 2.10. The van der Waals surface area contributed by atoms with Crippen LogP contribution in [0.5, 0.6) is 0 Å². The molecule has 0 atom stereocenters. The summed E-state index contributed by atoms with van der Waals surface area (Å²) in [5.41, 5.74) is 12.5. The number of rotatable bonds is 2. The Morgan fingerprint density at radius 2 is 1.35 bits per heavy atom. The van der Waals surface area contributed by atoms with Crippen LogP contribution in [0.1, 0.15) is 84.6 Å². The molecular weight excluding hydrogens is 486 g/mol. The maximum absolute atomic E-state index is 6.98. The lowest BCUT2D eigenvalue weighted by Gasteiger charge is -2.45. The van der Waals surface area contributed by atoms with Gasteiger partial charge in [-0.2, -0.15) is 0 Å². The molecule has 0 saturated heterocycles. The number of benzene rings is 3. The van der Waals surface area contributed by atoms with Crippen LogP contribution < -0.4 is 4.57 Å². The molecule has 2 heterocycles. The smallest absolute Gasteiger partial charge is 0.216 e. The predicted molar refractivity (Wildman–Crippen MR) is 169 cm³/mol. The van der Waals surface area contributed by atoms with Crippen molar-refractivity contribution >= 4 is 21.9 Å². The summed E-state index contributed by atoms with van der Waals surface area (Å²) in [7, 11) is 2.10. The van der Waals surface area contributed by atoms with E-state index in [-0.39, 0.29) is 21.7 Å². The largest absolute Gasteiger partial charge is 0.454 e. The van der Waals surface area contributed by atoms with Crippen molar-refractivity contribution in [2.24, 2.45) is 12.5 Å². The van der Waals surface area contributed by atoms with Crippen molar-refractivity contribution in [3.05, 3.63) is 89.1 Å². The first-order valence-electron chi connectivity index (χ1n) is 14.7. The predicted octanol–water partition coefficient (Wildman–Crippen LogP) is 9.95. The maximum Gasteiger partial charge on any atom is 0.216 e. The van der Waals surface area contributed by atoms with Crippen molar-refractivity contribution in [3.8, 4) is 22.4 Å². The van der Waals surface area contributed by atoms with Gasteiger partial charge in [0.25, 0.3) is 0 Å². The van der Waals surface area contributed by atoms with Gasteiger partial charge in [0.15, 0.2) is 6.20 Å². The zero-order valence-electron chi connectivity index (χ0n) is 26.2. The number of fused-ring (bicyclic) bond motifs is 4. The average Bonchev–Trinajstić information content (AvgIpc) is 3.30. The molecule has 0 spiro atoms. The Bertz CT molecular complexity index is 1820. The molecule has 0 bridgehead atoms. The molecule has 206 valence electrons. The Labute approximate surface area is 240 Å². The van der Waals surface area contributed by atoms with E-state index < -0.39 is 0 Å². The average molecular weight is 531 g/mol. The molecular formula is C38H44NO+. The number of hydrogen-bond acceptors (Lipinski definition) is 1. The number of hydrogen-bond donors (Lipinski definition) is 0. The van der Waals surface area contributed by atoms with Crippen LogP contribution in [0.4, 0.5) is 0 Å². The van der Waals surface area contributed by atoms with Gasteiger partial charge < -0.3 is 4.42 Å². The van der Waals surface area contributed by atoms with Crippen LogP contribution in [0.15, 0.2) is 71.3 Å². The van der Waals surface area contributed by atoms with Crippen molar-refractivity contribution in [1.29, 1.82) is 0 Å². The van der Waals surface area contributed by atoms with Gasteiger partial charge in [0.2, 0.25) is 5.69 Å². The Morgan fingerprint density at radius 3 is 2.02 bits per heavy atom. The molecule has 3 aromatic carbocycles. The highest BCUT2D eigenvalue weighted by atomic mass is 16.3. The second-order valence-corrected chi connectivity index (χ2v) is 14.7. The number of pyridine rings is 1. The van der Waals surface area contributed by atoms with E-state index in [1.807, 2.05) is 0 Å². The quantitative estimate of drug-likeness (QED) is 0.208. The zero-order valence-corrected chi connectivity index (χ0v) is 26.2. The van der Waals surface area contributed by atoms with Gasteiger partial charge in [0.05, 0.1) is 5.56 Å². The maximum atomic E-state index is 6.98. The Balaban J connectivity index is 1.73. The molecule has 0 saturated carbocycles. The van der Waals surface area contributed by atoms with Crippen molar-refractivity contribution in [2.45, 2.75) is 85.5 Å². The van der Waals surface area contributed by atoms with E-state index in [0.29, 0.717) is 0 Å². The van der Waals surface area contributed by atoms with Gasteiger partial charge in [-0.3, -0.25) is 0 Å². The minimum Gasteiger partial charge on any atom is -0.454 e. The minimum absolute atomic E-state index is 0.0125. The summed E-state index contributed by atoms with van der Waals surface area (Å²) in [4.78, 5) is 0. The van der Waals surface area contributed by atoms with E-state index >= 15 is 0 Å². The Hall–Kier alpha value is -3.39. The molecule has 0 N–H and O–H groups in total. The van der Waals surface area contributed by atoms with Crippen LogP contribution in [0, 0.1) is 12.3 Å². The van der Waals surface area contributed by atoms with E-state index in [2.05, 4.69) is 148 Å². The van der Waals surface area contributed by atoms with E-state index in [1.54, 1.807) is 0 Å².